The maximum atomic E-state index is 9.92. The summed E-state index contributed by atoms with van der Waals surface area (Å²) >= 11 is 0. The van der Waals surface area contributed by atoms with Crippen molar-refractivity contribution in [1.29, 1.82) is 0 Å². The maximum Gasteiger partial charge on any atom is 0.0833 e. The molecule has 0 amide bonds. The van der Waals surface area contributed by atoms with Gasteiger partial charge in [0.2, 0.25) is 0 Å². The largest absolute Gasteiger partial charge is 0.390 e. The molecule has 0 aromatic heterocycles. The van der Waals surface area contributed by atoms with E-state index in [2.05, 4.69) is 0 Å². The molecule has 0 radical (unpaired) electrons. The van der Waals surface area contributed by atoms with Crippen LogP contribution in [0.25, 0.3) is 0 Å². The van der Waals surface area contributed by atoms with E-state index in [1.54, 1.807) is 0 Å². The van der Waals surface area contributed by atoms with E-state index in [-0.39, 0.29) is 23.7 Å². The molecule has 0 aromatic rings. The van der Waals surface area contributed by atoms with Gasteiger partial charge >= 0.3 is 0 Å². The molecule has 4 bridgehead atoms. The second-order valence-electron chi connectivity index (χ2n) is 6.24. The number of hydrogen-bond acceptors (Lipinski definition) is 4. The van der Waals surface area contributed by atoms with E-state index in [9.17, 15) is 20.4 Å². The Labute approximate surface area is 93.9 Å². The van der Waals surface area contributed by atoms with E-state index < -0.39 is 24.4 Å². The van der Waals surface area contributed by atoms with E-state index >= 15 is 0 Å². The molecule has 0 heterocycles. The van der Waals surface area contributed by atoms with Crippen LogP contribution in [0.2, 0.25) is 0 Å². The molecule has 0 saturated heterocycles. The standard InChI is InChI=1S/C12H18O4/c13-9-3-1-4(10(9)14)8-6-2-5(7(3)8)11(15)12(6)16/h3-16H,1-2H2. The fraction of sp³-hybridized carbons (Fsp3) is 1.00. The third-order valence-corrected chi connectivity index (χ3v) is 5.97. The molecule has 4 heteroatoms. The van der Waals surface area contributed by atoms with Crippen molar-refractivity contribution in [2.45, 2.75) is 37.3 Å². The first-order chi connectivity index (χ1) is 7.61. The van der Waals surface area contributed by atoms with Gasteiger partial charge in [-0.2, -0.15) is 0 Å². The fourth-order valence-electron chi connectivity index (χ4n) is 5.52. The monoisotopic (exact) mass is 226 g/mol. The zero-order valence-electron chi connectivity index (χ0n) is 8.98. The summed E-state index contributed by atoms with van der Waals surface area (Å²) in [7, 11) is 0. The first-order valence-electron chi connectivity index (χ1n) is 6.33. The van der Waals surface area contributed by atoms with Gasteiger partial charge < -0.3 is 20.4 Å². The van der Waals surface area contributed by atoms with E-state index in [1.807, 2.05) is 0 Å². The van der Waals surface area contributed by atoms with E-state index in [0.29, 0.717) is 11.8 Å². The molecule has 8 unspecified atom stereocenters. The summed E-state index contributed by atoms with van der Waals surface area (Å²) in [6, 6.07) is 0. The molecule has 4 nitrogen and oxygen atoms in total. The summed E-state index contributed by atoms with van der Waals surface area (Å²) in [5, 5.41) is 39.7. The van der Waals surface area contributed by atoms with Crippen LogP contribution in [0.5, 0.6) is 0 Å². The number of hydrogen-bond donors (Lipinski definition) is 4. The van der Waals surface area contributed by atoms with Crippen LogP contribution in [0.1, 0.15) is 12.8 Å². The van der Waals surface area contributed by atoms with Gasteiger partial charge in [-0.15, -0.1) is 0 Å². The molecule has 4 aliphatic rings. The van der Waals surface area contributed by atoms with Crippen LogP contribution in [0.4, 0.5) is 0 Å². The van der Waals surface area contributed by atoms with Gasteiger partial charge in [-0.1, -0.05) is 0 Å². The summed E-state index contributed by atoms with van der Waals surface area (Å²) in [5.41, 5.74) is 0. The van der Waals surface area contributed by atoms with Crippen LogP contribution >= 0.6 is 0 Å². The number of fused-ring (bicyclic) bond motifs is 9. The first-order valence-corrected chi connectivity index (χ1v) is 6.33. The Kier molecular flexibility index (Phi) is 1.72. The third kappa shape index (κ3) is 0.849. The molecule has 4 saturated carbocycles. The third-order valence-electron chi connectivity index (χ3n) is 5.97. The molecule has 90 valence electrons. The van der Waals surface area contributed by atoms with Crippen molar-refractivity contribution in [1.82, 2.24) is 0 Å². The second kappa shape index (κ2) is 2.80. The van der Waals surface area contributed by atoms with Crippen molar-refractivity contribution in [2.75, 3.05) is 0 Å². The predicted octanol–water partition coefficient (Wildman–Crippen LogP) is -1.04. The minimum absolute atomic E-state index is 0.155. The molecular formula is C12H18O4. The normalized spacial score (nSPS) is 71.2. The predicted molar refractivity (Wildman–Crippen MR) is 54.2 cm³/mol. The summed E-state index contributed by atoms with van der Waals surface area (Å²) in [5.74, 6) is 1.30. The summed E-state index contributed by atoms with van der Waals surface area (Å²) in [6.07, 6.45) is -0.649. The SMILES string of the molecule is OC1C(O)C2CC1C1C3CC(C(O)C3O)C21. The van der Waals surface area contributed by atoms with Crippen molar-refractivity contribution < 1.29 is 20.4 Å². The highest BCUT2D eigenvalue weighted by atomic mass is 16.3. The molecule has 4 aliphatic carbocycles. The van der Waals surface area contributed by atoms with E-state index in [4.69, 9.17) is 0 Å². The highest BCUT2D eigenvalue weighted by Crippen LogP contribution is 2.67. The molecule has 4 fully saturated rings. The van der Waals surface area contributed by atoms with Crippen LogP contribution in [-0.2, 0) is 0 Å². The molecule has 4 N–H and O–H groups in total. The van der Waals surface area contributed by atoms with Crippen LogP contribution in [0.15, 0.2) is 0 Å². The molecular weight excluding hydrogens is 208 g/mol. The average Bonchev–Trinajstić information content (AvgIpc) is 2.92. The Morgan fingerprint density at radius 1 is 0.500 bits per heavy atom. The van der Waals surface area contributed by atoms with Gasteiger partial charge in [0.15, 0.2) is 0 Å². The van der Waals surface area contributed by atoms with Gasteiger partial charge in [0.1, 0.15) is 0 Å². The van der Waals surface area contributed by atoms with Gasteiger partial charge in [0.25, 0.3) is 0 Å². The Balaban J connectivity index is 1.73. The Morgan fingerprint density at radius 2 is 0.750 bits per heavy atom. The highest BCUT2D eigenvalue weighted by Gasteiger charge is 2.69. The van der Waals surface area contributed by atoms with Gasteiger partial charge in [0, 0.05) is 0 Å². The van der Waals surface area contributed by atoms with E-state index in [1.165, 1.54) is 0 Å². The average molecular weight is 226 g/mol. The zero-order valence-corrected chi connectivity index (χ0v) is 8.98. The van der Waals surface area contributed by atoms with Gasteiger partial charge in [-0.05, 0) is 48.3 Å². The highest BCUT2D eigenvalue weighted by molar-refractivity contribution is 5.18. The quantitative estimate of drug-likeness (QED) is 0.398. The lowest BCUT2D eigenvalue weighted by molar-refractivity contribution is -0.119. The molecule has 0 aromatic carbocycles. The lowest BCUT2D eigenvalue weighted by Gasteiger charge is -2.42. The lowest BCUT2D eigenvalue weighted by atomic mass is 9.67. The van der Waals surface area contributed by atoms with E-state index in [0.717, 1.165) is 12.8 Å². The minimum atomic E-state index is -0.602. The number of aliphatic hydroxyl groups excluding tert-OH is 4. The fourth-order valence-corrected chi connectivity index (χ4v) is 5.52. The minimum Gasteiger partial charge on any atom is -0.390 e. The van der Waals surface area contributed by atoms with Crippen molar-refractivity contribution >= 4 is 0 Å². The molecule has 0 aliphatic heterocycles. The van der Waals surface area contributed by atoms with Crippen molar-refractivity contribution in [3.8, 4) is 0 Å². The topological polar surface area (TPSA) is 80.9 Å². The Hall–Kier alpha value is -0.160. The summed E-state index contributed by atoms with van der Waals surface area (Å²) in [4.78, 5) is 0. The number of aliphatic hydroxyl groups is 4. The van der Waals surface area contributed by atoms with Crippen LogP contribution in [0.3, 0.4) is 0 Å². The molecule has 0 spiro atoms. The Bertz CT molecular complexity index is 273. The maximum absolute atomic E-state index is 9.92. The second-order valence-corrected chi connectivity index (χ2v) is 6.24. The van der Waals surface area contributed by atoms with Crippen LogP contribution in [0, 0.1) is 35.5 Å². The van der Waals surface area contributed by atoms with Crippen LogP contribution in [-0.4, -0.2) is 44.8 Å². The van der Waals surface area contributed by atoms with Gasteiger partial charge in [-0.3, -0.25) is 0 Å². The number of rotatable bonds is 0. The summed E-state index contributed by atoms with van der Waals surface area (Å²) in [6.45, 7) is 0. The molecule has 4 rings (SSSR count). The molecule has 16 heavy (non-hydrogen) atoms. The summed E-state index contributed by atoms with van der Waals surface area (Å²) < 4.78 is 0. The Morgan fingerprint density at radius 3 is 1.00 bits per heavy atom. The van der Waals surface area contributed by atoms with Crippen molar-refractivity contribution in [3.63, 3.8) is 0 Å². The first kappa shape index (κ1) is 9.83. The lowest BCUT2D eigenvalue weighted by Crippen LogP contribution is -2.50. The van der Waals surface area contributed by atoms with Gasteiger partial charge in [0.05, 0.1) is 24.4 Å². The van der Waals surface area contributed by atoms with Crippen molar-refractivity contribution in [3.05, 3.63) is 0 Å². The van der Waals surface area contributed by atoms with Gasteiger partial charge in [-0.25, -0.2) is 0 Å². The smallest absolute Gasteiger partial charge is 0.0833 e. The molecule has 8 atom stereocenters. The zero-order chi connectivity index (χ0) is 11.2. The van der Waals surface area contributed by atoms with Crippen molar-refractivity contribution in [2.24, 2.45) is 35.5 Å². The van der Waals surface area contributed by atoms with Crippen LogP contribution < -0.4 is 0 Å².